The highest BCUT2D eigenvalue weighted by Gasteiger charge is 1.99. The van der Waals surface area contributed by atoms with Crippen LogP contribution in [0.5, 0.6) is 0 Å². The Bertz CT molecular complexity index is 296. The van der Waals surface area contributed by atoms with E-state index in [-0.39, 0.29) is 0 Å². The van der Waals surface area contributed by atoms with Crippen molar-refractivity contribution in [2.45, 2.75) is 6.92 Å². The van der Waals surface area contributed by atoms with Crippen LogP contribution in [0.2, 0.25) is 0 Å². The van der Waals surface area contributed by atoms with Crippen LogP contribution in [-0.2, 0) is 0 Å². The van der Waals surface area contributed by atoms with Crippen LogP contribution in [0.15, 0.2) is 46.6 Å². The maximum absolute atomic E-state index is 3.92. The highest BCUT2D eigenvalue weighted by atomic mass is 127. The van der Waals surface area contributed by atoms with Crippen molar-refractivity contribution in [3.05, 3.63) is 52.1 Å². The molecule has 62 valence electrons. The molecule has 0 nitrogen and oxygen atoms in total. The molecule has 0 aliphatic heterocycles. The Morgan fingerprint density at radius 3 is 2.33 bits per heavy atom. The first-order valence-corrected chi connectivity index (χ1v) is 4.90. The third kappa shape index (κ3) is 2.21. The normalized spacial score (nSPS) is 11.3. The van der Waals surface area contributed by atoms with Crippen LogP contribution in [0, 0.1) is 0 Å². The number of hydrogen-bond acceptors (Lipinski definition) is 0. The van der Waals surface area contributed by atoms with E-state index < -0.39 is 0 Å². The number of rotatable bonds is 2. The topological polar surface area (TPSA) is 0 Å². The van der Waals surface area contributed by atoms with E-state index in [2.05, 4.69) is 47.4 Å². The van der Waals surface area contributed by atoms with Gasteiger partial charge in [0.2, 0.25) is 0 Å². The van der Waals surface area contributed by atoms with Gasteiger partial charge in [0.15, 0.2) is 0 Å². The molecule has 0 N–H and O–H groups in total. The van der Waals surface area contributed by atoms with Crippen LogP contribution >= 0.6 is 22.6 Å². The van der Waals surface area contributed by atoms with Crippen molar-refractivity contribution in [1.82, 2.24) is 0 Å². The molecular formula is C11H11I. The SMILES string of the molecule is C=C(I)/C(=C\C)c1ccccc1. The van der Waals surface area contributed by atoms with Gasteiger partial charge in [-0.1, -0.05) is 43.0 Å². The second-order valence-electron chi connectivity index (χ2n) is 2.47. The Kier molecular flexibility index (Phi) is 3.53. The van der Waals surface area contributed by atoms with Gasteiger partial charge >= 0.3 is 0 Å². The van der Waals surface area contributed by atoms with E-state index in [0.717, 1.165) is 3.58 Å². The summed E-state index contributed by atoms with van der Waals surface area (Å²) in [6.07, 6.45) is 2.09. The average molecular weight is 270 g/mol. The fraction of sp³-hybridized carbons (Fsp3) is 0.0909. The van der Waals surface area contributed by atoms with Gasteiger partial charge in [0.25, 0.3) is 0 Å². The van der Waals surface area contributed by atoms with Gasteiger partial charge in [0, 0.05) is 3.58 Å². The van der Waals surface area contributed by atoms with Crippen LogP contribution in [0.3, 0.4) is 0 Å². The summed E-state index contributed by atoms with van der Waals surface area (Å²) < 4.78 is 1.08. The number of benzene rings is 1. The Morgan fingerprint density at radius 1 is 1.33 bits per heavy atom. The molecule has 0 spiro atoms. The summed E-state index contributed by atoms with van der Waals surface area (Å²) in [5.41, 5.74) is 2.45. The Balaban J connectivity index is 3.05. The second-order valence-corrected chi connectivity index (χ2v) is 3.78. The van der Waals surface area contributed by atoms with E-state index in [0.29, 0.717) is 0 Å². The van der Waals surface area contributed by atoms with Crippen molar-refractivity contribution in [2.24, 2.45) is 0 Å². The third-order valence-electron chi connectivity index (χ3n) is 1.67. The zero-order valence-corrected chi connectivity index (χ0v) is 9.21. The monoisotopic (exact) mass is 270 g/mol. The van der Waals surface area contributed by atoms with Crippen molar-refractivity contribution < 1.29 is 0 Å². The second kappa shape index (κ2) is 4.45. The largest absolute Gasteiger partial charge is 0.0850 e. The van der Waals surface area contributed by atoms with Crippen LogP contribution in [0.1, 0.15) is 12.5 Å². The number of allylic oxidation sites excluding steroid dienone is 3. The summed E-state index contributed by atoms with van der Waals surface area (Å²) in [4.78, 5) is 0. The summed E-state index contributed by atoms with van der Waals surface area (Å²) in [7, 11) is 0. The van der Waals surface area contributed by atoms with E-state index in [1.165, 1.54) is 11.1 Å². The van der Waals surface area contributed by atoms with Crippen LogP contribution in [0.4, 0.5) is 0 Å². The molecule has 0 radical (unpaired) electrons. The molecule has 0 fully saturated rings. The van der Waals surface area contributed by atoms with Gasteiger partial charge in [0.05, 0.1) is 0 Å². The number of halogens is 1. The average Bonchev–Trinajstić information content (AvgIpc) is 2.07. The van der Waals surface area contributed by atoms with Gasteiger partial charge in [-0.15, -0.1) is 0 Å². The molecule has 1 aromatic rings. The highest BCUT2D eigenvalue weighted by Crippen LogP contribution is 2.25. The van der Waals surface area contributed by atoms with Crippen molar-refractivity contribution in [1.29, 1.82) is 0 Å². The fourth-order valence-electron chi connectivity index (χ4n) is 1.10. The minimum absolute atomic E-state index is 1.08. The first kappa shape index (κ1) is 9.52. The van der Waals surface area contributed by atoms with Crippen molar-refractivity contribution in [2.75, 3.05) is 0 Å². The minimum atomic E-state index is 1.08. The minimum Gasteiger partial charge on any atom is -0.0850 e. The molecule has 0 bridgehead atoms. The first-order chi connectivity index (χ1) is 5.75. The summed E-state index contributed by atoms with van der Waals surface area (Å²) in [5, 5.41) is 0. The number of hydrogen-bond donors (Lipinski definition) is 0. The molecule has 0 aromatic heterocycles. The predicted octanol–water partition coefficient (Wildman–Crippen LogP) is 4.04. The lowest BCUT2D eigenvalue weighted by molar-refractivity contribution is 1.60. The Labute approximate surface area is 87.1 Å². The lowest BCUT2D eigenvalue weighted by atomic mass is 10.1. The molecule has 1 rings (SSSR count). The molecule has 0 heterocycles. The molecule has 0 aliphatic carbocycles. The molecule has 0 saturated heterocycles. The first-order valence-electron chi connectivity index (χ1n) is 3.82. The quantitative estimate of drug-likeness (QED) is 0.562. The zero-order chi connectivity index (χ0) is 8.97. The Hall–Kier alpha value is -0.570. The molecule has 12 heavy (non-hydrogen) atoms. The van der Waals surface area contributed by atoms with Crippen molar-refractivity contribution in [3.8, 4) is 0 Å². The molecule has 0 unspecified atom stereocenters. The molecule has 0 aliphatic rings. The van der Waals surface area contributed by atoms with Gasteiger partial charge in [-0.05, 0) is 40.7 Å². The molecule has 0 atom stereocenters. The summed E-state index contributed by atoms with van der Waals surface area (Å²) >= 11 is 2.25. The van der Waals surface area contributed by atoms with E-state index in [4.69, 9.17) is 0 Å². The standard InChI is InChI=1S/C11H11I/c1-3-11(9(2)12)10-7-5-4-6-8-10/h3-8H,2H2,1H3/b11-3+. The summed E-state index contributed by atoms with van der Waals surface area (Å²) in [6, 6.07) is 10.3. The van der Waals surface area contributed by atoms with Crippen molar-refractivity contribution >= 4 is 28.2 Å². The zero-order valence-electron chi connectivity index (χ0n) is 7.05. The van der Waals surface area contributed by atoms with E-state index in [1.54, 1.807) is 0 Å². The maximum atomic E-state index is 3.92. The summed E-state index contributed by atoms with van der Waals surface area (Å²) in [5.74, 6) is 0. The predicted molar refractivity (Wildman–Crippen MR) is 63.3 cm³/mol. The van der Waals surface area contributed by atoms with Gasteiger partial charge < -0.3 is 0 Å². The van der Waals surface area contributed by atoms with Gasteiger partial charge in [-0.3, -0.25) is 0 Å². The lowest BCUT2D eigenvalue weighted by Crippen LogP contribution is -1.81. The van der Waals surface area contributed by atoms with Crippen LogP contribution in [-0.4, -0.2) is 0 Å². The molecule has 0 saturated carbocycles. The van der Waals surface area contributed by atoms with Gasteiger partial charge in [0.1, 0.15) is 0 Å². The fourth-order valence-corrected chi connectivity index (χ4v) is 1.72. The molecular weight excluding hydrogens is 259 g/mol. The molecule has 1 heteroatoms. The van der Waals surface area contributed by atoms with Crippen LogP contribution < -0.4 is 0 Å². The van der Waals surface area contributed by atoms with Crippen molar-refractivity contribution in [3.63, 3.8) is 0 Å². The molecule has 1 aromatic carbocycles. The summed E-state index contributed by atoms with van der Waals surface area (Å²) in [6.45, 7) is 5.95. The van der Waals surface area contributed by atoms with E-state index >= 15 is 0 Å². The third-order valence-corrected chi connectivity index (χ3v) is 2.25. The lowest BCUT2D eigenvalue weighted by Gasteiger charge is -2.03. The Morgan fingerprint density at radius 2 is 1.92 bits per heavy atom. The smallest absolute Gasteiger partial charge is 0.0133 e. The highest BCUT2D eigenvalue weighted by molar-refractivity contribution is 14.1. The van der Waals surface area contributed by atoms with Crippen LogP contribution in [0.25, 0.3) is 5.57 Å². The molecule has 0 amide bonds. The van der Waals surface area contributed by atoms with Gasteiger partial charge in [-0.2, -0.15) is 0 Å². The maximum Gasteiger partial charge on any atom is 0.0133 e. The van der Waals surface area contributed by atoms with E-state index in [9.17, 15) is 0 Å². The van der Waals surface area contributed by atoms with Gasteiger partial charge in [-0.25, -0.2) is 0 Å². The van der Waals surface area contributed by atoms with E-state index in [1.807, 2.05) is 25.1 Å².